The van der Waals surface area contributed by atoms with Crippen LogP contribution in [0, 0.1) is 0 Å². The Bertz CT molecular complexity index is 171. The first kappa shape index (κ1) is 14.7. The summed E-state index contributed by atoms with van der Waals surface area (Å²) in [4.78, 5) is 5.87. The summed E-state index contributed by atoms with van der Waals surface area (Å²) in [6.45, 7) is 1.13. The summed E-state index contributed by atoms with van der Waals surface area (Å²) in [5.41, 5.74) is 0. The molecular formula is C7H16ClN3O2. The van der Waals surface area contributed by atoms with Gasteiger partial charge in [-0.3, -0.25) is 4.99 Å². The first-order chi connectivity index (χ1) is 5.72. The molecule has 0 fully saturated rings. The van der Waals surface area contributed by atoms with Crippen LogP contribution in [-0.2, 0) is 4.74 Å². The lowest BCUT2D eigenvalue weighted by Crippen LogP contribution is -2.24. The standard InChI is InChI=1S/C7H15N3O2.ClH/c1-10(2)7(6-9-11)8-4-5-12-3;/h6,11H,4-5H2,1-3H3;1H/b8-7?,9-6+;. The van der Waals surface area contributed by atoms with Crippen LogP contribution in [0.2, 0.25) is 0 Å². The second kappa shape index (κ2) is 9.28. The maximum Gasteiger partial charge on any atom is 0.145 e. The van der Waals surface area contributed by atoms with Gasteiger partial charge < -0.3 is 14.8 Å². The van der Waals surface area contributed by atoms with E-state index in [1.165, 1.54) is 6.21 Å². The molecule has 1 N–H and O–H groups in total. The highest BCUT2D eigenvalue weighted by Gasteiger charge is 1.96. The molecule has 0 heterocycles. The molecule has 0 atom stereocenters. The topological polar surface area (TPSA) is 57.4 Å². The molecule has 0 rings (SSSR count). The van der Waals surface area contributed by atoms with E-state index in [2.05, 4.69) is 10.1 Å². The lowest BCUT2D eigenvalue weighted by Gasteiger charge is -2.10. The lowest BCUT2D eigenvalue weighted by atomic mass is 10.5. The third-order valence-corrected chi connectivity index (χ3v) is 1.20. The Labute approximate surface area is 84.5 Å². The summed E-state index contributed by atoms with van der Waals surface area (Å²) in [6, 6.07) is 0. The van der Waals surface area contributed by atoms with Crippen molar-refractivity contribution in [3.8, 4) is 0 Å². The molecule has 0 aromatic heterocycles. The van der Waals surface area contributed by atoms with Gasteiger partial charge in [-0.1, -0.05) is 5.16 Å². The first-order valence-electron chi connectivity index (χ1n) is 3.60. The van der Waals surface area contributed by atoms with Crippen molar-refractivity contribution in [2.24, 2.45) is 10.1 Å². The van der Waals surface area contributed by atoms with Gasteiger partial charge in [0.15, 0.2) is 0 Å². The van der Waals surface area contributed by atoms with Gasteiger partial charge in [0, 0.05) is 21.2 Å². The Hall–Kier alpha value is -0.810. The summed E-state index contributed by atoms with van der Waals surface area (Å²) in [5.74, 6) is 0.620. The molecule has 0 bridgehead atoms. The van der Waals surface area contributed by atoms with Crippen LogP contribution >= 0.6 is 12.4 Å². The molecule has 0 aliphatic rings. The first-order valence-corrected chi connectivity index (χ1v) is 3.60. The maximum atomic E-state index is 8.27. The van der Waals surface area contributed by atoms with E-state index in [0.717, 1.165) is 0 Å². The Morgan fingerprint density at radius 1 is 1.54 bits per heavy atom. The van der Waals surface area contributed by atoms with Gasteiger partial charge in [-0.2, -0.15) is 0 Å². The number of nitrogens with zero attached hydrogens (tertiary/aromatic N) is 3. The van der Waals surface area contributed by atoms with Crippen LogP contribution in [0.1, 0.15) is 0 Å². The van der Waals surface area contributed by atoms with Gasteiger partial charge in [0.05, 0.1) is 13.2 Å². The van der Waals surface area contributed by atoms with E-state index in [4.69, 9.17) is 9.94 Å². The minimum absolute atomic E-state index is 0. The number of hydrogen-bond acceptors (Lipinski definition) is 4. The predicted molar refractivity (Wildman–Crippen MR) is 55.4 cm³/mol. The normalized spacial score (nSPS) is 11.5. The van der Waals surface area contributed by atoms with Crippen LogP contribution < -0.4 is 0 Å². The van der Waals surface area contributed by atoms with Crippen molar-refractivity contribution in [2.45, 2.75) is 0 Å². The fraction of sp³-hybridized carbons (Fsp3) is 0.714. The van der Waals surface area contributed by atoms with Gasteiger partial charge in [-0.05, 0) is 0 Å². The Morgan fingerprint density at radius 3 is 2.54 bits per heavy atom. The summed E-state index contributed by atoms with van der Waals surface area (Å²) >= 11 is 0. The van der Waals surface area contributed by atoms with Gasteiger partial charge >= 0.3 is 0 Å². The maximum absolute atomic E-state index is 8.27. The summed E-state index contributed by atoms with van der Waals surface area (Å²) in [6.07, 6.45) is 1.29. The van der Waals surface area contributed by atoms with Gasteiger partial charge in [0.2, 0.25) is 0 Å². The number of hydrogen-bond donors (Lipinski definition) is 1. The second-order valence-electron chi connectivity index (χ2n) is 2.37. The lowest BCUT2D eigenvalue weighted by molar-refractivity contribution is 0.208. The SMILES string of the molecule is COCCN=C(/C=N/O)N(C)C.Cl. The van der Waals surface area contributed by atoms with Gasteiger partial charge in [0.25, 0.3) is 0 Å². The summed E-state index contributed by atoms with van der Waals surface area (Å²) in [5, 5.41) is 11.2. The van der Waals surface area contributed by atoms with Crippen LogP contribution in [0.3, 0.4) is 0 Å². The number of aliphatic imine (C=N–C) groups is 1. The fourth-order valence-corrected chi connectivity index (χ4v) is 0.601. The minimum atomic E-state index is 0. The molecule has 5 nitrogen and oxygen atoms in total. The number of oxime groups is 1. The van der Waals surface area contributed by atoms with E-state index in [0.29, 0.717) is 19.0 Å². The second-order valence-corrected chi connectivity index (χ2v) is 2.37. The molecule has 0 amide bonds. The molecule has 78 valence electrons. The Balaban J connectivity index is 0. The highest BCUT2D eigenvalue weighted by Crippen LogP contribution is 1.82. The van der Waals surface area contributed by atoms with Gasteiger partial charge in [-0.15, -0.1) is 12.4 Å². The summed E-state index contributed by atoms with van der Waals surface area (Å²) < 4.78 is 4.82. The van der Waals surface area contributed by atoms with Crippen LogP contribution in [0.15, 0.2) is 10.1 Å². The zero-order valence-electron chi connectivity index (χ0n) is 8.10. The largest absolute Gasteiger partial charge is 0.411 e. The van der Waals surface area contributed by atoms with E-state index < -0.39 is 0 Å². The molecule has 0 aromatic rings. The van der Waals surface area contributed by atoms with Crippen LogP contribution in [-0.4, -0.2) is 56.5 Å². The van der Waals surface area contributed by atoms with Crippen molar-refractivity contribution in [1.82, 2.24) is 4.90 Å². The molecular weight excluding hydrogens is 194 g/mol. The zero-order chi connectivity index (χ0) is 9.40. The zero-order valence-corrected chi connectivity index (χ0v) is 8.91. The molecule has 0 saturated carbocycles. The van der Waals surface area contributed by atoms with Crippen LogP contribution in [0.25, 0.3) is 0 Å². The number of ether oxygens (including phenoxy) is 1. The van der Waals surface area contributed by atoms with Crippen molar-refractivity contribution in [1.29, 1.82) is 0 Å². The van der Waals surface area contributed by atoms with E-state index in [9.17, 15) is 0 Å². The van der Waals surface area contributed by atoms with Crippen molar-refractivity contribution >= 4 is 24.5 Å². The molecule has 0 spiro atoms. The predicted octanol–water partition coefficient (Wildman–Crippen LogP) is 0.475. The average Bonchev–Trinajstić information content (AvgIpc) is 2.03. The highest BCUT2D eigenvalue weighted by atomic mass is 35.5. The molecule has 13 heavy (non-hydrogen) atoms. The van der Waals surface area contributed by atoms with E-state index in [1.54, 1.807) is 12.0 Å². The van der Waals surface area contributed by atoms with Crippen molar-refractivity contribution in [3.05, 3.63) is 0 Å². The van der Waals surface area contributed by atoms with E-state index >= 15 is 0 Å². The monoisotopic (exact) mass is 209 g/mol. The Kier molecular flexibility index (Phi) is 10.5. The van der Waals surface area contributed by atoms with E-state index in [1.807, 2.05) is 14.1 Å². The van der Waals surface area contributed by atoms with Crippen molar-refractivity contribution in [3.63, 3.8) is 0 Å². The van der Waals surface area contributed by atoms with Crippen LogP contribution in [0.5, 0.6) is 0 Å². The molecule has 0 aromatic carbocycles. The number of amidine groups is 1. The van der Waals surface area contributed by atoms with Gasteiger partial charge in [-0.25, -0.2) is 0 Å². The fourth-order valence-electron chi connectivity index (χ4n) is 0.601. The quantitative estimate of drug-likeness (QED) is 0.241. The smallest absolute Gasteiger partial charge is 0.145 e. The minimum Gasteiger partial charge on any atom is -0.411 e. The number of rotatable bonds is 4. The highest BCUT2D eigenvalue weighted by molar-refractivity contribution is 6.28. The molecule has 0 saturated heterocycles. The van der Waals surface area contributed by atoms with Crippen LogP contribution in [0.4, 0.5) is 0 Å². The van der Waals surface area contributed by atoms with Crippen molar-refractivity contribution in [2.75, 3.05) is 34.4 Å². The van der Waals surface area contributed by atoms with E-state index in [-0.39, 0.29) is 12.4 Å². The van der Waals surface area contributed by atoms with Gasteiger partial charge in [0.1, 0.15) is 12.1 Å². The molecule has 0 aliphatic carbocycles. The molecule has 0 unspecified atom stereocenters. The third kappa shape index (κ3) is 7.55. The molecule has 6 heteroatoms. The summed E-state index contributed by atoms with van der Waals surface area (Å²) in [7, 11) is 5.27. The number of methoxy groups -OCH3 is 1. The number of halogens is 1. The molecule has 0 aliphatic heterocycles. The third-order valence-electron chi connectivity index (χ3n) is 1.20. The van der Waals surface area contributed by atoms with Crippen molar-refractivity contribution < 1.29 is 9.94 Å². The Morgan fingerprint density at radius 2 is 2.15 bits per heavy atom. The molecule has 0 radical (unpaired) electrons. The average molecular weight is 210 g/mol.